The molecule has 0 atom stereocenters. The Bertz CT molecular complexity index is 486. The van der Waals surface area contributed by atoms with E-state index in [0.717, 1.165) is 5.56 Å². The molecule has 0 aromatic heterocycles. The second-order valence-electron chi connectivity index (χ2n) is 4.36. The van der Waals surface area contributed by atoms with E-state index in [1.54, 1.807) is 6.07 Å². The van der Waals surface area contributed by atoms with Gasteiger partial charge in [-0.05, 0) is 30.7 Å². The summed E-state index contributed by atoms with van der Waals surface area (Å²) in [5.74, 6) is 0.384. The van der Waals surface area contributed by atoms with Crippen molar-refractivity contribution in [2.75, 3.05) is 18.1 Å². The fourth-order valence-electron chi connectivity index (χ4n) is 2.35. The second kappa shape index (κ2) is 4.02. The van der Waals surface area contributed by atoms with Crippen LogP contribution in [0.2, 0.25) is 5.02 Å². The predicted molar refractivity (Wildman–Crippen MR) is 65.5 cm³/mol. The van der Waals surface area contributed by atoms with Gasteiger partial charge < -0.3 is 5.73 Å². The van der Waals surface area contributed by atoms with Crippen molar-refractivity contribution in [2.45, 2.75) is 11.8 Å². The highest BCUT2D eigenvalue weighted by atomic mass is 35.5. The lowest BCUT2D eigenvalue weighted by molar-refractivity contribution is 0.433. The van der Waals surface area contributed by atoms with E-state index in [9.17, 15) is 8.42 Å². The number of halogens is 1. The summed E-state index contributed by atoms with van der Waals surface area (Å²) in [6, 6.07) is 7.40. The number of hydrogen-bond acceptors (Lipinski definition) is 3. The van der Waals surface area contributed by atoms with Crippen molar-refractivity contribution in [1.82, 2.24) is 0 Å². The number of nitrogens with two attached hydrogens (primary N) is 1. The first-order valence-electron chi connectivity index (χ1n) is 5.14. The molecule has 0 saturated carbocycles. The second-order valence-corrected chi connectivity index (χ2v) is 6.86. The third-order valence-electron chi connectivity index (χ3n) is 3.05. The third kappa shape index (κ3) is 2.10. The molecule has 1 heterocycles. The largest absolute Gasteiger partial charge is 0.330 e. The molecule has 1 fully saturated rings. The minimum Gasteiger partial charge on any atom is -0.330 e. The highest BCUT2D eigenvalue weighted by Gasteiger charge is 2.48. The van der Waals surface area contributed by atoms with Crippen LogP contribution < -0.4 is 5.73 Å². The monoisotopic (exact) mass is 259 g/mol. The number of sulfone groups is 1. The SMILES string of the molecule is NCCC1(c2cccc(Cl)c2)CS(=O)(=O)C1. The van der Waals surface area contributed by atoms with E-state index in [0.29, 0.717) is 18.0 Å². The Labute approximate surface area is 101 Å². The number of hydrogen-bond donors (Lipinski definition) is 1. The van der Waals surface area contributed by atoms with Crippen LogP contribution >= 0.6 is 11.6 Å². The normalized spacial score (nSPS) is 21.4. The summed E-state index contributed by atoms with van der Waals surface area (Å²) in [5.41, 5.74) is 6.24. The molecule has 0 spiro atoms. The Kier molecular flexibility index (Phi) is 2.99. The molecule has 2 N–H and O–H groups in total. The van der Waals surface area contributed by atoms with Crippen LogP contribution in [0.15, 0.2) is 24.3 Å². The van der Waals surface area contributed by atoms with Crippen LogP contribution in [0.3, 0.4) is 0 Å². The van der Waals surface area contributed by atoms with E-state index in [2.05, 4.69) is 0 Å². The van der Waals surface area contributed by atoms with Gasteiger partial charge >= 0.3 is 0 Å². The Balaban J connectivity index is 2.35. The lowest BCUT2D eigenvalue weighted by Crippen LogP contribution is -2.53. The van der Waals surface area contributed by atoms with Crippen molar-refractivity contribution in [3.05, 3.63) is 34.9 Å². The van der Waals surface area contributed by atoms with Crippen molar-refractivity contribution in [2.24, 2.45) is 5.73 Å². The van der Waals surface area contributed by atoms with Gasteiger partial charge in [0.15, 0.2) is 9.84 Å². The van der Waals surface area contributed by atoms with E-state index in [1.807, 2.05) is 18.2 Å². The Morgan fingerprint density at radius 3 is 2.56 bits per heavy atom. The van der Waals surface area contributed by atoms with Gasteiger partial charge in [-0.1, -0.05) is 23.7 Å². The minimum absolute atomic E-state index is 0.192. The first-order chi connectivity index (χ1) is 7.47. The van der Waals surface area contributed by atoms with Gasteiger partial charge in [0.25, 0.3) is 0 Å². The summed E-state index contributed by atoms with van der Waals surface area (Å²) in [6.45, 7) is 0.488. The van der Waals surface area contributed by atoms with Gasteiger partial charge in [0.05, 0.1) is 11.5 Å². The van der Waals surface area contributed by atoms with Crippen molar-refractivity contribution in [3.8, 4) is 0 Å². The van der Waals surface area contributed by atoms with Crippen LogP contribution in [0.25, 0.3) is 0 Å². The van der Waals surface area contributed by atoms with Crippen LogP contribution in [0.4, 0.5) is 0 Å². The maximum atomic E-state index is 11.4. The third-order valence-corrected chi connectivity index (χ3v) is 5.27. The zero-order valence-corrected chi connectivity index (χ0v) is 10.4. The molecule has 1 aromatic carbocycles. The Hall–Kier alpha value is -0.580. The average molecular weight is 260 g/mol. The molecular weight excluding hydrogens is 246 g/mol. The van der Waals surface area contributed by atoms with Crippen LogP contribution in [-0.2, 0) is 15.3 Å². The maximum absolute atomic E-state index is 11.4. The molecule has 0 radical (unpaired) electrons. The first kappa shape index (κ1) is 11.9. The molecule has 3 nitrogen and oxygen atoms in total. The van der Waals surface area contributed by atoms with Gasteiger partial charge in [-0.25, -0.2) is 8.42 Å². The predicted octanol–water partition coefficient (Wildman–Crippen LogP) is 1.36. The Morgan fingerprint density at radius 2 is 2.06 bits per heavy atom. The van der Waals surface area contributed by atoms with E-state index in [4.69, 9.17) is 17.3 Å². The van der Waals surface area contributed by atoms with Crippen molar-refractivity contribution >= 4 is 21.4 Å². The molecular formula is C11H14ClNO2S. The number of benzene rings is 1. The molecule has 88 valence electrons. The van der Waals surface area contributed by atoms with Gasteiger partial charge in [-0.15, -0.1) is 0 Å². The molecule has 1 aliphatic heterocycles. The van der Waals surface area contributed by atoms with Crippen molar-refractivity contribution < 1.29 is 8.42 Å². The fourth-order valence-corrected chi connectivity index (χ4v) is 4.76. The van der Waals surface area contributed by atoms with Gasteiger partial charge in [0.2, 0.25) is 0 Å². The summed E-state index contributed by atoms with van der Waals surface area (Å²) in [7, 11) is -2.87. The fraction of sp³-hybridized carbons (Fsp3) is 0.455. The topological polar surface area (TPSA) is 60.2 Å². The maximum Gasteiger partial charge on any atom is 0.152 e. The molecule has 1 saturated heterocycles. The van der Waals surface area contributed by atoms with Crippen LogP contribution in [0.5, 0.6) is 0 Å². The Morgan fingerprint density at radius 1 is 1.38 bits per heavy atom. The lowest BCUT2D eigenvalue weighted by Gasteiger charge is -2.41. The molecule has 0 amide bonds. The zero-order valence-electron chi connectivity index (χ0n) is 8.82. The molecule has 2 rings (SSSR count). The summed E-state index contributed by atoms with van der Waals surface area (Å²) < 4.78 is 22.7. The van der Waals surface area contributed by atoms with E-state index in [1.165, 1.54) is 0 Å². The van der Waals surface area contributed by atoms with E-state index >= 15 is 0 Å². The standard InChI is InChI=1S/C11H14ClNO2S/c12-10-3-1-2-9(6-10)11(4-5-13)7-16(14,15)8-11/h1-3,6H,4-5,7-8,13H2. The lowest BCUT2D eigenvalue weighted by atomic mass is 9.80. The minimum atomic E-state index is -2.87. The van der Waals surface area contributed by atoms with Crippen LogP contribution in [0.1, 0.15) is 12.0 Å². The van der Waals surface area contributed by atoms with Crippen LogP contribution in [-0.4, -0.2) is 26.5 Å². The van der Waals surface area contributed by atoms with Crippen molar-refractivity contribution in [1.29, 1.82) is 0 Å². The van der Waals surface area contributed by atoms with Gasteiger partial charge in [-0.2, -0.15) is 0 Å². The highest BCUT2D eigenvalue weighted by Crippen LogP contribution is 2.40. The first-order valence-corrected chi connectivity index (χ1v) is 7.34. The quantitative estimate of drug-likeness (QED) is 0.892. The smallest absolute Gasteiger partial charge is 0.152 e. The van der Waals surface area contributed by atoms with Gasteiger partial charge in [-0.3, -0.25) is 0 Å². The molecule has 0 bridgehead atoms. The molecule has 1 aliphatic rings. The van der Waals surface area contributed by atoms with Gasteiger partial charge in [0, 0.05) is 10.4 Å². The summed E-state index contributed by atoms with van der Waals surface area (Å²) >= 11 is 5.92. The highest BCUT2D eigenvalue weighted by molar-refractivity contribution is 7.93. The average Bonchev–Trinajstić information content (AvgIpc) is 2.15. The summed E-state index contributed by atoms with van der Waals surface area (Å²) in [6.07, 6.45) is 0.687. The molecule has 5 heteroatoms. The molecule has 16 heavy (non-hydrogen) atoms. The van der Waals surface area contributed by atoms with Crippen molar-refractivity contribution in [3.63, 3.8) is 0 Å². The molecule has 1 aromatic rings. The molecule has 0 unspecified atom stereocenters. The van der Waals surface area contributed by atoms with Crippen LogP contribution in [0, 0.1) is 0 Å². The zero-order chi connectivity index (χ0) is 11.8. The summed E-state index contributed by atoms with van der Waals surface area (Å²) in [4.78, 5) is 0. The van der Waals surface area contributed by atoms with Gasteiger partial charge in [0.1, 0.15) is 0 Å². The van der Waals surface area contributed by atoms with E-state index < -0.39 is 9.84 Å². The summed E-state index contributed by atoms with van der Waals surface area (Å²) in [5, 5.41) is 0.637. The number of rotatable bonds is 3. The van der Waals surface area contributed by atoms with E-state index in [-0.39, 0.29) is 16.9 Å². The molecule has 0 aliphatic carbocycles.